The summed E-state index contributed by atoms with van der Waals surface area (Å²) in [5, 5.41) is 3.94. The van der Waals surface area contributed by atoms with Crippen LogP contribution in [0.25, 0.3) is 0 Å². The Hall–Kier alpha value is 0.310. The summed E-state index contributed by atoms with van der Waals surface area (Å²) in [6, 6.07) is 0.797. The quantitative estimate of drug-likeness (QED) is 0.745. The van der Waals surface area contributed by atoms with E-state index in [2.05, 4.69) is 30.9 Å². The van der Waals surface area contributed by atoms with E-state index in [1.165, 1.54) is 24.5 Å². The van der Waals surface area contributed by atoms with Gasteiger partial charge in [0.15, 0.2) is 0 Å². The van der Waals surface area contributed by atoms with E-state index in [1.54, 1.807) is 38.5 Å². The molecule has 4 aliphatic carbocycles. The average Bonchev–Trinajstić information content (AvgIpc) is 2.37. The van der Waals surface area contributed by atoms with Crippen molar-refractivity contribution in [3.63, 3.8) is 0 Å². The molecule has 0 spiro atoms. The lowest BCUT2D eigenvalue weighted by Gasteiger charge is -2.59. The normalized spacial score (nSPS) is 41.7. The molecule has 4 rings (SSSR count). The van der Waals surface area contributed by atoms with E-state index in [-0.39, 0.29) is 0 Å². The van der Waals surface area contributed by atoms with Crippen molar-refractivity contribution < 1.29 is 0 Å². The minimum absolute atomic E-state index is 0.687. The zero-order valence-corrected chi connectivity index (χ0v) is 13.6. The fourth-order valence-corrected chi connectivity index (χ4v) is 6.55. The maximum absolute atomic E-state index is 3.94. The van der Waals surface area contributed by atoms with Gasteiger partial charge >= 0.3 is 0 Å². The van der Waals surface area contributed by atoms with E-state index >= 15 is 0 Å². The van der Waals surface area contributed by atoms with Gasteiger partial charge in [-0.25, -0.2) is 0 Å². The number of nitrogens with one attached hydrogen (secondary N) is 1. The summed E-state index contributed by atoms with van der Waals surface area (Å²) >= 11 is 2.15. The van der Waals surface area contributed by atoms with Crippen molar-refractivity contribution in [3.05, 3.63) is 0 Å². The van der Waals surface area contributed by atoms with Crippen LogP contribution >= 0.6 is 11.8 Å². The van der Waals surface area contributed by atoms with Crippen LogP contribution in [-0.4, -0.2) is 24.1 Å². The highest BCUT2D eigenvalue weighted by molar-refractivity contribution is 7.99. The third-order valence-corrected chi connectivity index (χ3v) is 6.93. The second-order valence-corrected chi connectivity index (χ2v) is 8.77. The van der Waals surface area contributed by atoms with Gasteiger partial charge in [-0.15, -0.1) is 0 Å². The minimum Gasteiger partial charge on any atom is -0.313 e. The van der Waals surface area contributed by atoms with Crippen LogP contribution in [0.15, 0.2) is 0 Å². The predicted molar refractivity (Wildman–Crippen MR) is 85.7 cm³/mol. The molecule has 0 amide bonds. The zero-order chi connectivity index (χ0) is 13.3. The summed E-state index contributed by atoms with van der Waals surface area (Å²) in [4.78, 5) is 0. The Labute approximate surface area is 123 Å². The molecule has 0 aliphatic heterocycles. The minimum atomic E-state index is 0.687. The maximum Gasteiger partial charge on any atom is 0.0214 e. The Balaban J connectivity index is 1.72. The fourth-order valence-electron chi connectivity index (χ4n) is 5.61. The number of hydrogen-bond acceptors (Lipinski definition) is 2. The molecule has 1 N–H and O–H groups in total. The lowest BCUT2D eigenvalue weighted by molar-refractivity contribution is -0.0693. The molecule has 4 fully saturated rings. The van der Waals surface area contributed by atoms with E-state index < -0.39 is 0 Å². The van der Waals surface area contributed by atoms with Gasteiger partial charge in [0, 0.05) is 11.8 Å². The first kappa shape index (κ1) is 14.3. The molecule has 0 aromatic carbocycles. The molecule has 19 heavy (non-hydrogen) atoms. The van der Waals surface area contributed by atoms with Gasteiger partial charge in [0.2, 0.25) is 0 Å². The second-order valence-electron chi connectivity index (χ2n) is 7.45. The molecule has 0 radical (unpaired) electrons. The summed E-state index contributed by atoms with van der Waals surface area (Å²) in [5.41, 5.74) is 0.687. The smallest absolute Gasteiger partial charge is 0.0214 e. The number of hydrogen-bond donors (Lipinski definition) is 1. The molecule has 110 valence electrons. The molecule has 1 atom stereocenters. The molecule has 1 unspecified atom stereocenters. The third-order valence-electron chi connectivity index (χ3n) is 5.95. The molecule has 4 aliphatic rings. The summed E-state index contributed by atoms with van der Waals surface area (Å²) in [6.07, 6.45) is 10.6. The Morgan fingerprint density at radius 3 is 2.11 bits per heavy atom. The van der Waals surface area contributed by atoms with Crippen molar-refractivity contribution >= 4 is 11.8 Å². The predicted octanol–water partition coefficient (Wildman–Crippen LogP) is 4.32. The summed E-state index contributed by atoms with van der Waals surface area (Å²) in [7, 11) is 0. The first-order chi connectivity index (χ1) is 9.25. The molecule has 0 saturated heterocycles. The second kappa shape index (κ2) is 5.97. The fraction of sp³-hybridized carbons (Fsp3) is 1.00. The molecule has 0 aromatic heterocycles. The topological polar surface area (TPSA) is 12.0 Å². The molecule has 1 nitrogen and oxygen atoms in total. The van der Waals surface area contributed by atoms with Crippen molar-refractivity contribution in [2.75, 3.05) is 18.1 Å². The summed E-state index contributed by atoms with van der Waals surface area (Å²) in [6.45, 7) is 5.83. The van der Waals surface area contributed by atoms with Gasteiger partial charge in [-0.1, -0.05) is 13.8 Å². The van der Waals surface area contributed by atoms with Crippen LogP contribution in [0.1, 0.15) is 58.8 Å². The van der Waals surface area contributed by atoms with Crippen LogP contribution in [0, 0.1) is 23.2 Å². The van der Waals surface area contributed by atoms with Gasteiger partial charge in [-0.3, -0.25) is 0 Å². The first-order valence-electron chi connectivity index (χ1n) is 8.57. The Bertz CT molecular complexity index is 258. The van der Waals surface area contributed by atoms with Gasteiger partial charge in [-0.2, -0.15) is 11.8 Å². The molecule has 4 saturated carbocycles. The van der Waals surface area contributed by atoms with Gasteiger partial charge < -0.3 is 5.32 Å². The lowest BCUT2D eigenvalue weighted by atomic mass is 9.48. The van der Waals surface area contributed by atoms with E-state index in [0.29, 0.717) is 5.41 Å². The van der Waals surface area contributed by atoms with Crippen LogP contribution < -0.4 is 5.32 Å². The van der Waals surface area contributed by atoms with Crippen LogP contribution in [0.3, 0.4) is 0 Å². The summed E-state index contributed by atoms with van der Waals surface area (Å²) < 4.78 is 0. The SMILES string of the molecule is CCCNC(CSCC)C12CC3CC(CC(C3)C1)C2. The van der Waals surface area contributed by atoms with Gasteiger partial charge in [0.25, 0.3) is 0 Å². The lowest BCUT2D eigenvalue weighted by Crippen LogP contribution is -2.57. The average molecular weight is 282 g/mol. The molecular weight excluding hydrogens is 250 g/mol. The highest BCUT2D eigenvalue weighted by atomic mass is 32.2. The van der Waals surface area contributed by atoms with Crippen molar-refractivity contribution in [2.45, 2.75) is 64.8 Å². The third kappa shape index (κ3) is 2.85. The van der Waals surface area contributed by atoms with Crippen LogP contribution in [-0.2, 0) is 0 Å². The monoisotopic (exact) mass is 281 g/mol. The van der Waals surface area contributed by atoms with Crippen LogP contribution in [0.2, 0.25) is 0 Å². The Kier molecular flexibility index (Phi) is 4.48. The Morgan fingerprint density at radius 2 is 1.63 bits per heavy atom. The molecule has 0 aromatic rings. The van der Waals surface area contributed by atoms with E-state index in [4.69, 9.17) is 0 Å². The largest absolute Gasteiger partial charge is 0.313 e. The maximum atomic E-state index is 3.94. The molecular formula is C17H31NS. The number of thioether (sulfide) groups is 1. The highest BCUT2D eigenvalue weighted by Crippen LogP contribution is 2.61. The van der Waals surface area contributed by atoms with Gasteiger partial charge in [-0.05, 0) is 80.4 Å². The molecule has 0 heterocycles. The van der Waals surface area contributed by atoms with Gasteiger partial charge in [0.05, 0.1) is 0 Å². The summed E-state index contributed by atoms with van der Waals surface area (Å²) in [5.74, 6) is 5.88. The molecule has 2 heteroatoms. The highest BCUT2D eigenvalue weighted by Gasteiger charge is 2.53. The first-order valence-corrected chi connectivity index (χ1v) is 9.72. The van der Waals surface area contributed by atoms with Crippen molar-refractivity contribution in [3.8, 4) is 0 Å². The van der Waals surface area contributed by atoms with Crippen molar-refractivity contribution in [1.29, 1.82) is 0 Å². The molecule has 4 bridgehead atoms. The van der Waals surface area contributed by atoms with Crippen molar-refractivity contribution in [1.82, 2.24) is 5.32 Å². The Morgan fingerprint density at radius 1 is 1.05 bits per heavy atom. The van der Waals surface area contributed by atoms with E-state index in [0.717, 1.165) is 23.8 Å². The zero-order valence-electron chi connectivity index (χ0n) is 12.8. The van der Waals surface area contributed by atoms with Gasteiger partial charge in [0.1, 0.15) is 0 Å². The van der Waals surface area contributed by atoms with Crippen LogP contribution in [0.5, 0.6) is 0 Å². The van der Waals surface area contributed by atoms with E-state index in [1.807, 2.05) is 0 Å². The number of rotatable bonds is 7. The standard InChI is InChI=1S/C17H31NS/c1-3-5-18-16(12-19-4-2)17-9-13-6-14(10-17)8-15(7-13)11-17/h13-16,18H,3-12H2,1-2H3. The van der Waals surface area contributed by atoms with Crippen LogP contribution in [0.4, 0.5) is 0 Å². The van der Waals surface area contributed by atoms with E-state index in [9.17, 15) is 0 Å². The van der Waals surface area contributed by atoms with Crippen molar-refractivity contribution in [2.24, 2.45) is 23.2 Å².